The number of aromatic hydroxyl groups is 1. The average Bonchev–Trinajstić information content (AvgIpc) is 3.84. The van der Waals surface area contributed by atoms with Crippen molar-refractivity contribution in [3.63, 3.8) is 0 Å². The maximum absolute atomic E-state index is 12.8. The zero-order chi connectivity index (χ0) is 41.4. The molecule has 0 aliphatic carbocycles. The van der Waals surface area contributed by atoms with Gasteiger partial charge in [0.2, 0.25) is 5.91 Å². The monoisotopic (exact) mass is 817 g/mol. The van der Waals surface area contributed by atoms with E-state index in [4.69, 9.17) is 28.5 Å². The molecule has 59 heavy (non-hydrogen) atoms. The van der Waals surface area contributed by atoms with Crippen molar-refractivity contribution in [3.8, 4) is 5.88 Å². The molecule has 1 amide bonds. The molecule has 0 spiro atoms. The first kappa shape index (κ1) is 41.4. The molecule has 8 rings (SSSR count). The van der Waals surface area contributed by atoms with Crippen LogP contribution in [0.3, 0.4) is 0 Å². The van der Waals surface area contributed by atoms with Crippen molar-refractivity contribution in [1.29, 1.82) is 0 Å². The van der Waals surface area contributed by atoms with E-state index in [1.54, 1.807) is 42.5 Å². The predicted molar refractivity (Wildman–Crippen MR) is 212 cm³/mol. The molecule has 9 N–H and O–H groups in total. The smallest absolute Gasteiger partial charge is 0.494 e. The minimum atomic E-state index is -1.77. The van der Waals surface area contributed by atoms with E-state index in [0.29, 0.717) is 45.6 Å². The van der Waals surface area contributed by atoms with Gasteiger partial charge in [-0.25, -0.2) is 4.99 Å². The largest absolute Gasteiger partial charge is 0.494 e. The van der Waals surface area contributed by atoms with Gasteiger partial charge in [0.05, 0.1) is 36.7 Å². The number of piperazine rings is 1. The highest BCUT2D eigenvalue weighted by Gasteiger charge is 2.56. The molecule has 0 unspecified atom stereocenters. The summed E-state index contributed by atoms with van der Waals surface area (Å²) in [6, 6.07) is 21.8. The Balaban J connectivity index is 1.03. The highest BCUT2D eigenvalue weighted by Crippen LogP contribution is 2.36. The first-order valence-electron chi connectivity index (χ1n) is 19.5. The molecule has 19 heteroatoms. The maximum atomic E-state index is 12.8. The van der Waals surface area contributed by atoms with Gasteiger partial charge in [-0.05, 0) is 42.8 Å². The summed E-state index contributed by atoms with van der Waals surface area (Å²) in [6.07, 6.45) is -14.0. The molecule has 1 aromatic heterocycles. The van der Waals surface area contributed by atoms with E-state index in [2.05, 4.69) is 27.1 Å². The summed E-state index contributed by atoms with van der Waals surface area (Å²) < 4.78 is 29.4. The predicted octanol–water partition coefficient (Wildman–Crippen LogP) is -1.40. The first-order valence-corrected chi connectivity index (χ1v) is 19.5. The molecule has 0 radical (unpaired) electrons. The van der Waals surface area contributed by atoms with Crippen LogP contribution < -0.4 is 10.8 Å². The van der Waals surface area contributed by atoms with Gasteiger partial charge in [-0.1, -0.05) is 42.5 Å². The summed E-state index contributed by atoms with van der Waals surface area (Å²) in [4.78, 5) is 25.1. The summed E-state index contributed by atoms with van der Waals surface area (Å²) in [5.41, 5.74) is 3.88. The van der Waals surface area contributed by atoms with Gasteiger partial charge in [0.15, 0.2) is 18.5 Å². The molecule has 4 aliphatic heterocycles. The number of nitrogens with zero attached hydrogens (tertiary/aromatic N) is 3. The Morgan fingerprint density at radius 1 is 0.881 bits per heavy atom. The highest BCUT2D eigenvalue weighted by molar-refractivity contribution is 6.62. The molecule has 4 aliphatic rings. The molecule has 0 bridgehead atoms. The molecular formula is C40H48BN5O13. The molecule has 314 valence electrons. The second-order valence-corrected chi connectivity index (χ2v) is 15.2. The van der Waals surface area contributed by atoms with Gasteiger partial charge in [0, 0.05) is 48.3 Å². The summed E-state index contributed by atoms with van der Waals surface area (Å²) in [5.74, 6) is -0.234. The zero-order valence-corrected chi connectivity index (χ0v) is 32.2. The summed E-state index contributed by atoms with van der Waals surface area (Å²) >= 11 is 0. The number of aromatic amines is 1. The number of hydrogen-bond acceptors (Lipinski definition) is 16. The van der Waals surface area contributed by atoms with Gasteiger partial charge < -0.3 is 74.5 Å². The third kappa shape index (κ3) is 8.66. The second kappa shape index (κ2) is 17.7. The zero-order valence-electron chi connectivity index (χ0n) is 32.2. The Bertz CT molecular complexity index is 2100. The van der Waals surface area contributed by atoms with Gasteiger partial charge in [-0.2, -0.15) is 0 Å². The van der Waals surface area contributed by atoms with Gasteiger partial charge in [-0.3, -0.25) is 9.69 Å². The van der Waals surface area contributed by atoms with E-state index >= 15 is 0 Å². The molecule has 10 atom stereocenters. The Kier molecular flexibility index (Phi) is 12.4. The number of ether oxygens (including phenoxy) is 3. The van der Waals surface area contributed by atoms with E-state index in [1.807, 2.05) is 30.3 Å². The van der Waals surface area contributed by atoms with Crippen molar-refractivity contribution in [2.75, 3.05) is 58.3 Å². The number of carbonyl (C=O) groups is 1. The van der Waals surface area contributed by atoms with Crippen LogP contribution in [0, 0.1) is 0 Å². The highest BCUT2D eigenvalue weighted by atomic mass is 16.8. The number of nitrogens with one attached hydrogen (secondary N) is 2. The Morgan fingerprint density at radius 3 is 2.31 bits per heavy atom. The van der Waals surface area contributed by atoms with E-state index < -0.39 is 81.7 Å². The van der Waals surface area contributed by atoms with Crippen LogP contribution in [0.15, 0.2) is 77.8 Å². The number of amides is 1. The quantitative estimate of drug-likeness (QED) is 0.0624. The molecular weight excluding hydrogens is 769 g/mol. The van der Waals surface area contributed by atoms with Gasteiger partial charge in [0.1, 0.15) is 48.8 Å². The SMILES string of the molecule is CN1CCN(CC(=O)Nc2ccc(N=C(c3ccccc3)c3c(O)[nH]c4cc(B5O[C@H]6[C@H](O[C@H]7[C@H](O)[C@@H](O)[C@@H](O)O[C@@H]7CO)O[C@H](CO)[C@H](O)[C@@H]6O5)ccc34)cc2)CC1. The number of benzene rings is 3. The van der Waals surface area contributed by atoms with Crippen molar-refractivity contribution in [2.45, 2.75) is 61.4 Å². The number of aliphatic imine (C=N–C) groups is 1. The molecule has 4 saturated heterocycles. The van der Waals surface area contributed by atoms with E-state index in [1.165, 1.54) is 0 Å². The number of aliphatic hydroxyl groups excluding tert-OH is 6. The fourth-order valence-electron chi connectivity index (χ4n) is 7.92. The Hall–Kier alpha value is -4.32. The van der Waals surface area contributed by atoms with E-state index in [9.17, 15) is 40.5 Å². The number of carbonyl (C=O) groups excluding carboxylic acids is 1. The van der Waals surface area contributed by atoms with Crippen LogP contribution in [-0.4, -0.2) is 184 Å². The average molecular weight is 818 g/mol. The van der Waals surface area contributed by atoms with Crippen molar-refractivity contribution in [3.05, 3.63) is 83.9 Å². The number of likely N-dealkylation sites (N-methyl/N-ethyl adjacent to an activating group) is 1. The first-order chi connectivity index (χ1) is 28.5. The molecule has 0 saturated carbocycles. The number of aromatic nitrogens is 1. The van der Waals surface area contributed by atoms with Crippen LogP contribution in [0.2, 0.25) is 0 Å². The van der Waals surface area contributed by atoms with E-state index in [0.717, 1.165) is 31.7 Å². The number of H-pyrrole nitrogens is 1. The van der Waals surface area contributed by atoms with Gasteiger partial charge >= 0.3 is 7.12 Å². The lowest BCUT2D eigenvalue weighted by molar-refractivity contribution is -0.345. The number of rotatable bonds is 11. The van der Waals surface area contributed by atoms with Crippen LogP contribution in [0.1, 0.15) is 11.1 Å². The fraction of sp³-hybridized carbons (Fsp3) is 0.450. The summed E-state index contributed by atoms with van der Waals surface area (Å²) in [5, 5.41) is 76.8. The lowest BCUT2D eigenvalue weighted by atomic mass is 9.79. The molecule has 5 heterocycles. The number of anilines is 1. The third-order valence-electron chi connectivity index (χ3n) is 11.2. The van der Waals surface area contributed by atoms with Crippen LogP contribution in [-0.2, 0) is 28.3 Å². The van der Waals surface area contributed by atoms with Crippen LogP contribution in [0.4, 0.5) is 11.4 Å². The molecule has 18 nitrogen and oxygen atoms in total. The summed E-state index contributed by atoms with van der Waals surface area (Å²) in [7, 11) is 0.974. The lowest BCUT2D eigenvalue weighted by Crippen LogP contribution is -2.63. The minimum Gasteiger partial charge on any atom is -0.494 e. The maximum Gasteiger partial charge on any atom is 0.494 e. The van der Waals surface area contributed by atoms with Crippen molar-refractivity contribution in [2.24, 2.45) is 4.99 Å². The number of hydrogen-bond donors (Lipinski definition) is 9. The van der Waals surface area contributed by atoms with Crippen molar-refractivity contribution >= 4 is 46.5 Å². The van der Waals surface area contributed by atoms with Gasteiger partial charge in [0.25, 0.3) is 0 Å². The fourth-order valence-corrected chi connectivity index (χ4v) is 7.92. The topological polar surface area (TPSA) is 251 Å². The third-order valence-corrected chi connectivity index (χ3v) is 11.2. The number of aliphatic hydroxyl groups is 6. The minimum absolute atomic E-state index is 0.0918. The Labute approximate surface area is 339 Å². The van der Waals surface area contributed by atoms with Crippen molar-refractivity contribution < 1.29 is 64.1 Å². The van der Waals surface area contributed by atoms with Gasteiger partial charge in [-0.15, -0.1) is 0 Å². The summed E-state index contributed by atoms with van der Waals surface area (Å²) in [6.45, 7) is 2.53. The van der Waals surface area contributed by atoms with Crippen molar-refractivity contribution in [1.82, 2.24) is 14.8 Å². The van der Waals surface area contributed by atoms with E-state index in [-0.39, 0.29) is 11.8 Å². The lowest BCUT2D eigenvalue weighted by Gasteiger charge is -2.45. The van der Waals surface area contributed by atoms with Crippen LogP contribution >= 0.6 is 0 Å². The molecule has 3 aromatic carbocycles. The number of fused-ring (bicyclic) bond motifs is 2. The van der Waals surface area contributed by atoms with Crippen LogP contribution in [0.25, 0.3) is 10.9 Å². The molecule has 4 aromatic rings. The molecule has 4 fully saturated rings. The van der Waals surface area contributed by atoms with Crippen LogP contribution in [0.5, 0.6) is 5.88 Å². The standard InChI is InChI=1S/C40H48BN5O13/c1-45-13-15-46(16-14-45)18-29(49)42-23-8-10-24(11-9-23)43-31(21-5-3-2-4-6-21)30-25-12-7-22(17-26(25)44-38(30)53)41-58-36-32(50)27(19-47)56-40(37(36)59-41)57-35-28(20-48)55-39(54)34(52)33(35)51/h2-12,17,27-28,32-37,39-40,44,47-48,50-54H,13-16,18-20H2,1H3,(H,42,49)/t27-,28-,32+,33-,34-,35-,36+,37-,39+,40+/m1/s1. The Morgan fingerprint density at radius 2 is 1.59 bits per heavy atom. The normalized spacial score (nSPS) is 30.8. The second-order valence-electron chi connectivity index (χ2n) is 15.2.